The molecule has 4 rings (SSSR count). The third-order valence-corrected chi connectivity index (χ3v) is 7.89. The minimum absolute atomic E-state index is 0.0640. The van der Waals surface area contributed by atoms with Gasteiger partial charge in [-0.05, 0) is 42.3 Å². The molecular weight excluding hydrogens is 472 g/mol. The maximum Gasteiger partial charge on any atom is 0.265 e. The van der Waals surface area contributed by atoms with E-state index in [2.05, 4.69) is 10.6 Å². The first kappa shape index (κ1) is 24.7. The van der Waals surface area contributed by atoms with Gasteiger partial charge in [-0.25, -0.2) is 8.42 Å². The second-order valence-electron chi connectivity index (χ2n) is 8.50. The van der Waals surface area contributed by atoms with Gasteiger partial charge >= 0.3 is 0 Å². The van der Waals surface area contributed by atoms with E-state index in [0.29, 0.717) is 23.5 Å². The number of piperazine rings is 1. The summed E-state index contributed by atoms with van der Waals surface area (Å²) in [5.41, 5.74) is 1.80. The Labute approximate surface area is 204 Å². The van der Waals surface area contributed by atoms with E-state index in [0.717, 1.165) is 5.56 Å². The normalized spacial score (nSPS) is 18.3. The fraction of sp³-hybridized carbons (Fsp3) is 0.375. The van der Waals surface area contributed by atoms with Crippen molar-refractivity contribution < 1.29 is 27.5 Å². The molecule has 11 heteroatoms. The quantitative estimate of drug-likeness (QED) is 0.624. The number of rotatable bonds is 6. The lowest BCUT2D eigenvalue weighted by Crippen LogP contribution is -2.50. The fourth-order valence-electron chi connectivity index (χ4n) is 4.08. The standard InChI is InChI=1S/C24H28N4O6S/c1-3-21-24(31)26-20-15-19(8-9-22(20)34-21)35(32,33)28-12-10-27(11-13-28)23(30)14-17-4-6-18(7-5-17)25-16(2)29/h4-9,15,21H,3,10-14H2,1-2H3,(H,25,29)(H,26,31). The van der Waals surface area contributed by atoms with Gasteiger partial charge in [0.2, 0.25) is 21.8 Å². The molecule has 0 aromatic heterocycles. The van der Waals surface area contributed by atoms with Crippen LogP contribution in [0.1, 0.15) is 25.8 Å². The van der Waals surface area contributed by atoms with E-state index in [9.17, 15) is 22.8 Å². The van der Waals surface area contributed by atoms with E-state index >= 15 is 0 Å². The summed E-state index contributed by atoms with van der Waals surface area (Å²) in [5, 5.41) is 5.39. The van der Waals surface area contributed by atoms with Crippen molar-refractivity contribution in [3.05, 3.63) is 48.0 Å². The Balaban J connectivity index is 1.36. The third kappa shape index (κ3) is 5.46. The molecule has 1 unspecified atom stereocenters. The number of anilines is 2. The van der Waals surface area contributed by atoms with Gasteiger partial charge in [-0.3, -0.25) is 14.4 Å². The highest BCUT2D eigenvalue weighted by atomic mass is 32.2. The van der Waals surface area contributed by atoms with Crippen LogP contribution in [-0.2, 0) is 30.8 Å². The Kier molecular flexibility index (Phi) is 7.08. The van der Waals surface area contributed by atoms with Gasteiger partial charge in [0.1, 0.15) is 5.75 Å². The summed E-state index contributed by atoms with van der Waals surface area (Å²) < 4.78 is 33.4. The summed E-state index contributed by atoms with van der Waals surface area (Å²) in [5.74, 6) is -0.115. The van der Waals surface area contributed by atoms with Crippen LogP contribution in [0.25, 0.3) is 0 Å². The molecule has 1 saturated heterocycles. The number of fused-ring (bicyclic) bond motifs is 1. The zero-order chi connectivity index (χ0) is 25.2. The van der Waals surface area contributed by atoms with Crippen LogP contribution >= 0.6 is 0 Å². The molecule has 10 nitrogen and oxygen atoms in total. The van der Waals surface area contributed by atoms with E-state index in [1.54, 1.807) is 35.2 Å². The number of nitrogens with one attached hydrogen (secondary N) is 2. The molecule has 35 heavy (non-hydrogen) atoms. The first-order valence-corrected chi connectivity index (χ1v) is 12.9. The van der Waals surface area contributed by atoms with Crippen molar-refractivity contribution in [2.24, 2.45) is 0 Å². The highest BCUT2D eigenvalue weighted by Gasteiger charge is 2.32. The van der Waals surface area contributed by atoms with Gasteiger partial charge in [-0.1, -0.05) is 19.1 Å². The number of carbonyl (C=O) groups is 3. The number of amides is 3. The topological polar surface area (TPSA) is 125 Å². The van der Waals surface area contributed by atoms with Crippen LogP contribution in [0.5, 0.6) is 5.75 Å². The molecule has 1 fully saturated rings. The largest absolute Gasteiger partial charge is 0.478 e. The molecule has 2 aromatic rings. The Bertz CT molecular complexity index is 1240. The van der Waals surface area contributed by atoms with Crippen LogP contribution in [0.4, 0.5) is 11.4 Å². The molecule has 2 heterocycles. The first-order chi connectivity index (χ1) is 16.7. The lowest BCUT2D eigenvalue weighted by atomic mass is 10.1. The summed E-state index contributed by atoms with van der Waals surface area (Å²) in [4.78, 5) is 37.7. The Morgan fingerprint density at radius 2 is 1.77 bits per heavy atom. The summed E-state index contributed by atoms with van der Waals surface area (Å²) in [6.07, 6.45) is 0.110. The number of hydrogen-bond acceptors (Lipinski definition) is 6. The first-order valence-electron chi connectivity index (χ1n) is 11.4. The smallest absolute Gasteiger partial charge is 0.265 e. The second kappa shape index (κ2) is 10.0. The maximum absolute atomic E-state index is 13.2. The maximum atomic E-state index is 13.2. The van der Waals surface area contributed by atoms with Crippen LogP contribution in [-0.4, -0.2) is 67.6 Å². The van der Waals surface area contributed by atoms with Gasteiger partial charge < -0.3 is 20.3 Å². The van der Waals surface area contributed by atoms with Crippen molar-refractivity contribution in [1.82, 2.24) is 9.21 Å². The van der Waals surface area contributed by atoms with E-state index in [4.69, 9.17) is 4.74 Å². The molecule has 2 aliphatic heterocycles. The Hall–Kier alpha value is -3.44. The van der Waals surface area contributed by atoms with Crippen molar-refractivity contribution in [1.29, 1.82) is 0 Å². The van der Waals surface area contributed by atoms with Crippen molar-refractivity contribution in [2.45, 2.75) is 37.7 Å². The summed E-state index contributed by atoms with van der Waals surface area (Å²) in [6, 6.07) is 11.5. The van der Waals surface area contributed by atoms with Crippen molar-refractivity contribution in [2.75, 3.05) is 36.8 Å². The van der Waals surface area contributed by atoms with Gasteiger partial charge in [0, 0.05) is 38.8 Å². The summed E-state index contributed by atoms with van der Waals surface area (Å²) in [7, 11) is -3.80. The molecular formula is C24H28N4O6S. The van der Waals surface area contributed by atoms with E-state index < -0.39 is 16.1 Å². The Morgan fingerprint density at radius 1 is 1.09 bits per heavy atom. The van der Waals surface area contributed by atoms with Crippen LogP contribution < -0.4 is 15.4 Å². The molecule has 3 amide bonds. The summed E-state index contributed by atoms with van der Waals surface area (Å²) in [6.45, 7) is 4.18. The lowest BCUT2D eigenvalue weighted by molar-refractivity contribution is -0.131. The highest BCUT2D eigenvalue weighted by molar-refractivity contribution is 7.89. The third-order valence-electron chi connectivity index (χ3n) is 6.00. The van der Waals surface area contributed by atoms with Crippen LogP contribution in [0.2, 0.25) is 0 Å². The van der Waals surface area contributed by atoms with E-state index in [1.165, 1.54) is 23.4 Å². The predicted octanol–water partition coefficient (Wildman–Crippen LogP) is 1.83. The molecule has 0 saturated carbocycles. The fourth-order valence-corrected chi connectivity index (χ4v) is 5.53. The minimum Gasteiger partial charge on any atom is -0.478 e. The molecule has 0 spiro atoms. The average Bonchev–Trinajstić information content (AvgIpc) is 2.84. The van der Waals surface area contributed by atoms with Crippen molar-refractivity contribution >= 4 is 39.1 Å². The number of carbonyl (C=O) groups excluding carboxylic acids is 3. The molecule has 186 valence electrons. The SMILES string of the molecule is CCC1Oc2ccc(S(=O)(=O)N3CCN(C(=O)Cc4ccc(NC(C)=O)cc4)CC3)cc2NC1=O. The zero-order valence-corrected chi connectivity index (χ0v) is 20.4. The number of ether oxygens (including phenoxy) is 1. The number of nitrogens with zero attached hydrogens (tertiary/aromatic N) is 2. The molecule has 0 radical (unpaired) electrons. The Morgan fingerprint density at radius 3 is 2.40 bits per heavy atom. The average molecular weight is 501 g/mol. The molecule has 2 aliphatic rings. The van der Waals surface area contributed by atoms with Crippen LogP contribution in [0, 0.1) is 0 Å². The van der Waals surface area contributed by atoms with Gasteiger partial charge in [0.05, 0.1) is 17.0 Å². The van der Waals surface area contributed by atoms with Gasteiger partial charge in [0.15, 0.2) is 6.10 Å². The zero-order valence-electron chi connectivity index (χ0n) is 19.6. The van der Waals surface area contributed by atoms with Crippen molar-refractivity contribution in [3.8, 4) is 5.75 Å². The molecule has 0 bridgehead atoms. The van der Waals surface area contributed by atoms with Crippen molar-refractivity contribution in [3.63, 3.8) is 0 Å². The molecule has 1 atom stereocenters. The number of hydrogen-bond donors (Lipinski definition) is 2. The van der Waals surface area contributed by atoms with Crippen LogP contribution in [0.3, 0.4) is 0 Å². The second-order valence-corrected chi connectivity index (χ2v) is 10.4. The van der Waals surface area contributed by atoms with E-state index in [1.807, 2.05) is 6.92 Å². The lowest BCUT2D eigenvalue weighted by Gasteiger charge is -2.34. The highest BCUT2D eigenvalue weighted by Crippen LogP contribution is 2.33. The van der Waals surface area contributed by atoms with Gasteiger partial charge in [0.25, 0.3) is 5.91 Å². The van der Waals surface area contributed by atoms with Crippen LogP contribution in [0.15, 0.2) is 47.4 Å². The predicted molar refractivity (Wildman–Crippen MR) is 130 cm³/mol. The van der Waals surface area contributed by atoms with E-state index in [-0.39, 0.29) is 55.2 Å². The monoisotopic (exact) mass is 500 g/mol. The minimum atomic E-state index is -3.80. The number of benzene rings is 2. The van der Waals surface area contributed by atoms with Gasteiger partial charge in [-0.2, -0.15) is 4.31 Å². The molecule has 0 aliphatic carbocycles. The number of sulfonamides is 1. The molecule has 2 aromatic carbocycles. The molecule has 2 N–H and O–H groups in total. The summed E-state index contributed by atoms with van der Waals surface area (Å²) >= 11 is 0. The van der Waals surface area contributed by atoms with Gasteiger partial charge in [-0.15, -0.1) is 0 Å².